The van der Waals surface area contributed by atoms with Crippen LogP contribution in [0.1, 0.15) is 22.8 Å². The predicted molar refractivity (Wildman–Crippen MR) is 93.1 cm³/mol. The quantitative estimate of drug-likeness (QED) is 0.483. The fraction of sp³-hybridized carbons (Fsp3) is 0.353. The third kappa shape index (κ3) is 4.65. The minimum Gasteiger partial charge on any atom is -0.353 e. The normalized spacial score (nSPS) is 11.4. The number of halogens is 1. The van der Waals surface area contributed by atoms with Crippen LogP contribution in [0.15, 0.2) is 35.8 Å². The molecule has 0 amide bonds. The van der Waals surface area contributed by atoms with Crippen LogP contribution in [0, 0.1) is 19.7 Å². The molecule has 2 N–H and O–H groups in total. The first-order chi connectivity index (χ1) is 11.5. The van der Waals surface area contributed by atoms with E-state index in [-0.39, 0.29) is 5.82 Å². The van der Waals surface area contributed by atoms with Gasteiger partial charge in [0.05, 0.1) is 13.1 Å². The second-order valence-electron chi connectivity index (χ2n) is 5.49. The number of aliphatic imine (C=N–C) groups is 1. The number of aryl methyl sites for hydroxylation is 2. The van der Waals surface area contributed by atoms with Crippen LogP contribution in [0.2, 0.25) is 0 Å². The summed E-state index contributed by atoms with van der Waals surface area (Å²) in [7, 11) is 1.92. The maximum absolute atomic E-state index is 13.3. The number of hydrogen-bond acceptors (Lipinski definition) is 3. The minimum absolute atomic E-state index is 0.205. The largest absolute Gasteiger partial charge is 0.353 e. The predicted octanol–water partition coefficient (Wildman–Crippen LogP) is 1.99. The van der Waals surface area contributed by atoms with E-state index in [9.17, 15) is 4.39 Å². The molecular formula is C17H23FN6. The van der Waals surface area contributed by atoms with Gasteiger partial charge in [0, 0.05) is 13.6 Å². The van der Waals surface area contributed by atoms with E-state index in [1.165, 1.54) is 6.07 Å². The third-order valence-electron chi connectivity index (χ3n) is 3.65. The first-order valence-corrected chi connectivity index (χ1v) is 7.74. The molecule has 0 atom stereocenters. The van der Waals surface area contributed by atoms with Crippen molar-refractivity contribution in [3.63, 3.8) is 0 Å². The van der Waals surface area contributed by atoms with Crippen molar-refractivity contribution < 1.29 is 4.39 Å². The molecule has 1 heterocycles. The number of aromatic nitrogens is 3. The van der Waals surface area contributed by atoms with Crippen LogP contribution >= 0.6 is 0 Å². The Balaban J connectivity index is 2.04. The van der Waals surface area contributed by atoms with Crippen LogP contribution < -0.4 is 10.6 Å². The Hall–Kier alpha value is -2.70. The van der Waals surface area contributed by atoms with Crippen molar-refractivity contribution in [3.8, 4) is 0 Å². The molecule has 0 aliphatic rings. The first kappa shape index (κ1) is 17.7. The lowest BCUT2D eigenvalue weighted by atomic mass is 10.1. The van der Waals surface area contributed by atoms with E-state index in [0.717, 1.165) is 17.2 Å². The van der Waals surface area contributed by atoms with Gasteiger partial charge in [-0.05, 0) is 31.0 Å². The van der Waals surface area contributed by atoms with Gasteiger partial charge < -0.3 is 15.2 Å². The first-order valence-electron chi connectivity index (χ1n) is 7.74. The molecule has 0 spiro atoms. The molecule has 7 heteroatoms. The Labute approximate surface area is 141 Å². The number of nitrogens with zero attached hydrogens (tertiary/aromatic N) is 4. The van der Waals surface area contributed by atoms with Crippen LogP contribution in [0.5, 0.6) is 0 Å². The van der Waals surface area contributed by atoms with Gasteiger partial charge in [-0.25, -0.2) is 9.38 Å². The van der Waals surface area contributed by atoms with Gasteiger partial charge in [0.25, 0.3) is 0 Å². The molecule has 0 aliphatic heterocycles. The number of nitrogens with one attached hydrogen (secondary N) is 2. The van der Waals surface area contributed by atoms with Gasteiger partial charge in [-0.3, -0.25) is 0 Å². The molecule has 2 rings (SSSR count). The van der Waals surface area contributed by atoms with Crippen molar-refractivity contribution in [1.29, 1.82) is 0 Å². The Morgan fingerprint density at radius 2 is 2.12 bits per heavy atom. The zero-order valence-corrected chi connectivity index (χ0v) is 14.3. The molecule has 1 aromatic carbocycles. The van der Waals surface area contributed by atoms with Crippen LogP contribution in [-0.4, -0.2) is 27.3 Å². The number of guanidine groups is 1. The zero-order chi connectivity index (χ0) is 17.5. The number of benzene rings is 1. The second kappa shape index (κ2) is 8.24. The van der Waals surface area contributed by atoms with Crippen molar-refractivity contribution in [2.75, 3.05) is 6.54 Å². The Bertz CT molecular complexity index is 735. The van der Waals surface area contributed by atoms with Crippen LogP contribution in [0.4, 0.5) is 4.39 Å². The zero-order valence-electron chi connectivity index (χ0n) is 14.3. The molecule has 6 nitrogen and oxygen atoms in total. The highest BCUT2D eigenvalue weighted by Gasteiger charge is 2.06. The highest BCUT2D eigenvalue weighted by atomic mass is 19.1. The third-order valence-corrected chi connectivity index (χ3v) is 3.65. The summed E-state index contributed by atoms with van der Waals surface area (Å²) in [6.45, 7) is 8.88. The molecule has 0 fully saturated rings. The van der Waals surface area contributed by atoms with Crippen molar-refractivity contribution in [3.05, 3.63) is 59.4 Å². The SMILES string of the molecule is C=CCNC(=NCc1ccc(F)c(C)c1)NCc1nnc(C)n1C. The average Bonchev–Trinajstić information content (AvgIpc) is 2.89. The lowest BCUT2D eigenvalue weighted by Crippen LogP contribution is -2.37. The van der Waals surface area contributed by atoms with Crippen molar-refractivity contribution in [2.24, 2.45) is 12.0 Å². The molecule has 0 saturated carbocycles. The standard InChI is InChI=1S/C17H23FN6/c1-5-8-19-17(21-11-16-23-22-13(3)24(16)4)20-10-14-6-7-15(18)12(2)9-14/h5-7,9H,1,8,10-11H2,2-4H3,(H2,19,20,21). The van der Waals surface area contributed by atoms with E-state index in [1.54, 1.807) is 25.1 Å². The molecule has 2 aromatic rings. The van der Waals surface area contributed by atoms with E-state index in [2.05, 4.69) is 32.4 Å². The van der Waals surface area contributed by atoms with E-state index >= 15 is 0 Å². The number of hydrogen-bond donors (Lipinski definition) is 2. The summed E-state index contributed by atoms with van der Waals surface area (Å²) in [4.78, 5) is 4.52. The summed E-state index contributed by atoms with van der Waals surface area (Å²) in [5, 5.41) is 14.5. The summed E-state index contributed by atoms with van der Waals surface area (Å²) < 4.78 is 15.2. The van der Waals surface area contributed by atoms with Gasteiger partial charge in [0.15, 0.2) is 11.8 Å². The molecule has 0 radical (unpaired) electrons. The van der Waals surface area contributed by atoms with E-state index in [1.807, 2.05) is 18.5 Å². The van der Waals surface area contributed by atoms with Gasteiger partial charge in [-0.2, -0.15) is 0 Å². The lowest BCUT2D eigenvalue weighted by Gasteiger charge is -2.11. The van der Waals surface area contributed by atoms with Crippen molar-refractivity contribution in [2.45, 2.75) is 26.9 Å². The topological polar surface area (TPSA) is 67.1 Å². The average molecular weight is 330 g/mol. The Morgan fingerprint density at radius 3 is 2.75 bits per heavy atom. The summed E-state index contributed by atoms with van der Waals surface area (Å²) in [6.07, 6.45) is 1.76. The maximum atomic E-state index is 13.3. The Kier molecular flexibility index (Phi) is 6.06. The van der Waals surface area contributed by atoms with Crippen LogP contribution in [-0.2, 0) is 20.1 Å². The molecule has 0 unspecified atom stereocenters. The van der Waals surface area contributed by atoms with Crippen molar-refractivity contribution >= 4 is 5.96 Å². The molecule has 0 bridgehead atoms. The molecular weight excluding hydrogens is 307 g/mol. The fourth-order valence-electron chi connectivity index (χ4n) is 2.09. The lowest BCUT2D eigenvalue weighted by molar-refractivity contribution is 0.617. The summed E-state index contributed by atoms with van der Waals surface area (Å²) in [5.74, 6) is 2.10. The second-order valence-corrected chi connectivity index (χ2v) is 5.49. The van der Waals surface area contributed by atoms with E-state index < -0.39 is 0 Å². The summed E-state index contributed by atoms with van der Waals surface area (Å²) in [5.41, 5.74) is 1.56. The van der Waals surface area contributed by atoms with Gasteiger partial charge in [0.1, 0.15) is 11.6 Å². The van der Waals surface area contributed by atoms with E-state index in [0.29, 0.717) is 31.2 Å². The summed E-state index contributed by atoms with van der Waals surface area (Å²) >= 11 is 0. The highest BCUT2D eigenvalue weighted by molar-refractivity contribution is 5.79. The fourth-order valence-corrected chi connectivity index (χ4v) is 2.09. The smallest absolute Gasteiger partial charge is 0.192 e. The molecule has 128 valence electrons. The Morgan fingerprint density at radius 1 is 1.33 bits per heavy atom. The van der Waals surface area contributed by atoms with Gasteiger partial charge in [-0.1, -0.05) is 18.2 Å². The highest BCUT2D eigenvalue weighted by Crippen LogP contribution is 2.10. The van der Waals surface area contributed by atoms with Gasteiger partial charge >= 0.3 is 0 Å². The van der Waals surface area contributed by atoms with Gasteiger partial charge in [-0.15, -0.1) is 16.8 Å². The molecule has 0 saturated heterocycles. The molecule has 0 aliphatic carbocycles. The van der Waals surface area contributed by atoms with Gasteiger partial charge in [0.2, 0.25) is 0 Å². The van der Waals surface area contributed by atoms with Crippen LogP contribution in [0.3, 0.4) is 0 Å². The van der Waals surface area contributed by atoms with Crippen LogP contribution in [0.25, 0.3) is 0 Å². The van der Waals surface area contributed by atoms with Crippen molar-refractivity contribution in [1.82, 2.24) is 25.4 Å². The molecule has 1 aromatic heterocycles. The summed E-state index contributed by atoms with van der Waals surface area (Å²) in [6, 6.07) is 5.01. The minimum atomic E-state index is -0.205. The number of rotatable bonds is 6. The van der Waals surface area contributed by atoms with E-state index in [4.69, 9.17) is 0 Å². The molecule has 24 heavy (non-hydrogen) atoms. The maximum Gasteiger partial charge on any atom is 0.192 e. The monoisotopic (exact) mass is 330 g/mol.